The molecule has 8 heteroatoms. The Kier molecular flexibility index (Phi) is 5.48. The number of hydrogen-bond acceptors (Lipinski definition) is 4. The molecule has 1 N–H and O–H groups in total. The number of hydrogen-bond donors (Lipinski definition) is 1. The molecule has 0 bridgehead atoms. The number of aliphatic imine (C=N–C) groups is 1. The number of rotatable bonds is 3. The summed E-state index contributed by atoms with van der Waals surface area (Å²) in [6.45, 7) is 3.26. The van der Waals surface area contributed by atoms with E-state index in [-0.39, 0.29) is 10.7 Å². The summed E-state index contributed by atoms with van der Waals surface area (Å²) < 4.78 is 18.6. The molecule has 2 amide bonds. The topological polar surface area (TPSA) is 63.4 Å². The molecule has 2 aromatic carbocycles. The Morgan fingerprint density at radius 3 is 2.34 bits per heavy atom. The van der Waals surface area contributed by atoms with Crippen LogP contribution in [0.25, 0.3) is 6.08 Å². The van der Waals surface area contributed by atoms with E-state index >= 15 is 0 Å². The van der Waals surface area contributed by atoms with Gasteiger partial charge in [-0.1, -0.05) is 0 Å². The zero-order chi connectivity index (χ0) is 20.4. The molecule has 4 rings (SSSR count). The molecule has 0 atom stereocenters. The molecule has 6 nitrogen and oxygen atoms in total. The minimum absolute atomic E-state index is 0.0885. The number of benzene rings is 2. The van der Waals surface area contributed by atoms with Crippen molar-refractivity contribution in [1.29, 1.82) is 0 Å². The monoisotopic (exact) mass is 411 g/mol. The van der Waals surface area contributed by atoms with Gasteiger partial charge in [-0.3, -0.25) is 19.4 Å². The van der Waals surface area contributed by atoms with Crippen molar-refractivity contribution in [2.24, 2.45) is 4.99 Å². The summed E-state index contributed by atoms with van der Waals surface area (Å²) in [5.41, 5.74) is 2.11. The number of amidine groups is 1. The molecule has 0 radical (unpaired) electrons. The van der Waals surface area contributed by atoms with Gasteiger partial charge in [-0.15, -0.1) is 0 Å². The van der Waals surface area contributed by atoms with Crippen LogP contribution >= 0.6 is 0 Å². The highest BCUT2D eigenvalue weighted by Gasteiger charge is 2.29. The van der Waals surface area contributed by atoms with E-state index in [0.717, 1.165) is 36.9 Å². The molecule has 0 unspecified atom stereocenters. The van der Waals surface area contributed by atoms with Crippen LogP contribution in [-0.4, -0.2) is 43.3 Å². The maximum absolute atomic E-state index is 13.2. The van der Waals surface area contributed by atoms with Crippen LogP contribution in [0.5, 0.6) is 0 Å². The zero-order valence-electron chi connectivity index (χ0n) is 15.4. The summed E-state index contributed by atoms with van der Waals surface area (Å²) in [6.07, 6.45) is 1.50. The van der Waals surface area contributed by atoms with Crippen molar-refractivity contribution >= 4 is 47.1 Å². The van der Waals surface area contributed by atoms with Crippen molar-refractivity contribution < 1.29 is 23.6 Å². The molecule has 2 heterocycles. The molecular formula is C21H18FN3O3S. The van der Waals surface area contributed by atoms with Crippen LogP contribution in [-0.2, 0) is 27.0 Å². The van der Waals surface area contributed by atoms with Gasteiger partial charge in [-0.25, -0.2) is 9.38 Å². The highest BCUT2D eigenvalue weighted by molar-refractivity contribution is 7.78. The van der Waals surface area contributed by atoms with E-state index in [4.69, 9.17) is 17.4 Å². The maximum Gasteiger partial charge on any atom is 0.282 e. The van der Waals surface area contributed by atoms with Crippen molar-refractivity contribution in [1.82, 2.24) is 0 Å². The van der Waals surface area contributed by atoms with Crippen LogP contribution in [0.1, 0.15) is 5.56 Å². The van der Waals surface area contributed by atoms with Gasteiger partial charge in [0.2, 0.25) is 0 Å². The SMILES string of the molecule is O=C1N=C([S-])N(c2ccc(F)cc2)C(=O)C1=Cc1ccc([NH+]2CCOCC2)cc1. The summed E-state index contributed by atoms with van der Waals surface area (Å²) in [7, 11) is 0. The standard InChI is InChI=1S/C21H18FN3O3S/c22-15-3-7-17(8-4-15)25-20(27)18(19(26)23-21(25)29)13-14-1-5-16(6-2-14)24-9-11-28-12-10-24/h1-8,13H,9-12H2,(H,23,26,29). The largest absolute Gasteiger partial charge is 0.742 e. The minimum Gasteiger partial charge on any atom is -0.742 e. The maximum atomic E-state index is 13.2. The molecule has 2 aromatic rings. The van der Waals surface area contributed by atoms with Gasteiger partial charge in [0.05, 0.1) is 13.2 Å². The van der Waals surface area contributed by atoms with E-state index in [9.17, 15) is 14.0 Å². The highest BCUT2D eigenvalue weighted by atomic mass is 32.1. The van der Waals surface area contributed by atoms with E-state index in [0.29, 0.717) is 11.3 Å². The summed E-state index contributed by atoms with van der Waals surface area (Å²) in [4.78, 5) is 31.5. The van der Waals surface area contributed by atoms with Gasteiger partial charge in [-0.2, -0.15) is 0 Å². The Labute approximate surface area is 172 Å². The van der Waals surface area contributed by atoms with E-state index in [1.165, 1.54) is 35.2 Å². The van der Waals surface area contributed by atoms with Gasteiger partial charge in [0.15, 0.2) is 0 Å². The number of nitrogens with zero attached hydrogens (tertiary/aromatic N) is 2. The Balaban J connectivity index is 1.61. The molecule has 148 valence electrons. The summed E-state index contributed by atoms with van der Waals surface area (Å²) >= 11 is 5.09. The van der Waals surface area contributed by atoms with Crippen LogP contribution in [0.4, 0.5) is 15.8 Å². The van der Waals surface area contributed by atoms with Crippen LogP contribution in [0, 0.1) is 5.82 Å². The number of morpholine rings is 1. The first-order chi connectivity index (χ1) is 14.0. The summed E-state index contributed by atoms with van der Waals surface area (Å²) in [5.74, 6) is -1.69. The fraction of sp³-hybridized carbons (Fsp3) is 0.190. The summed E-state index contributed by atoms with van der Waals surface area (Å²) in [5, 5.41) is -0.157. The van der Waals surface area contributed by atoms with Gasteiger partial charge in [0, 0.05) is 5.69 Å². The first kappa shape index (κ1) is 19.4. The third kappa shape index (κ3) is 4.09. The molecule has 29 heavy (non-hydrogen) atoms. The van der Waals surface area contributed by atoms with Crippen LogP contribution < -0.4 is 9.80 Å². The van der Waals surface area contributed by atoms with Gasteiger partial charge in [0.25, 0.3) is 11.8 Å². The Hall–Kier alpha value is -2.94. The van der Waals surface area contributed by atoms with Gasteiger partial charge < -0.3 is 17.4 Å². The normalized spacial score (nSPS) is 19.6. The number of quaternary nitrogens is 1. The second-order valence-electron chi connectivity index (χ2n) is 6.71. The van der Waals surface area contributed by atoms with Crippen LogP contribution in [0.15, 0.2) is 59.1 Å². The second-order valence-corrected chi connectivity index (χ2v) is 7.08. The first-order valence-electron chi connectivity index (χ1n) is 9.17. The smallest absolute Gasteiger partial charge is 0.282 e. The van der Waals surface area contributed by atoms with Crippen LogP contribution in [0.3, 0.4) is 0 Å². The Morgan fingerprint density at radius 1 is 1.03 bits per heavy atom. The lowest BCUT2D eigenvalue weighted by atomic mass is 10.1. The molecule has 1 fully saturated rings. The molecule has 2 aliphatic rings. The van der Waals surface area contributed by atoms with E-state index in [2.05, 4.69) is 4.99 Å². The van der Waals surface area contributed by atoms with Gasteiger partial charge in [-0.05, 0) is 65.3 Å². The molecule has 0 saturated carbocycles. The predicted octanol–water partition coefficient (Wildman–Crippen LogP) is 1.23. The molecule has 2 aliphatic heterocycles. The quantitative estimate of drug-likeness (QED) is 0.469. The summed E-state index contributed by atoms with van der Waals surface area (Å²) in [6, 6.07) is 13.0. The number of halogens is 1. The number of nitrogens with one attached hydrogen (secondary N) is 1. The molecule has 0 aliphatic carbocycles. The second kappa shape index (κ2) is 8.20. The molecular weight excluding hydrogens is 393 g/mol. The van der Waals surface area contributed by atoms with Crippen molar-refractivity contribution in [3.63, 3.8) is 0 Å². The first-order valence-corrected chi connectivity index (χ1v) is 9.58. The Bertz CT molecular complexity index is 997. The van der Waals surface area contributed by atoms with Crippen molar-refractivity contribution in [3.05, 3.63) is 65.5 Å². The van der Waals surface area contributed by atoms with E-state index in [1.54, 1.807) is 0 Å². The molecule has 0 aromatic heterocycles. The number of carbonyl (C=O) groups is 2. The number of amides is 2. The third-order valence-corrected chi connectivity index (χ3v) is 5.14. The minimum atomic E-state index is -0.679. The molecule has 1 saturated heterocycles. The number of ether oxygens (including phenoxy) is 1. The van der Waals surface area contributed by atoms with Crippen LogP contribution in [0.2, 0.25) is 0 Å². The number of carbonyl (C=O) groups excluding carboxylic acids is 2. The van der Waals surface area contributed by atoms with Crippen molar-refractivity contribution in [2.75, 3.05) is 31.2 Å². The van der Waals surface area contributed by atoms with Gasteiger partial charge in [0.1, 0.15) is 30.2 Å². The number of anilines is 1. The lowest BCUT2D eigenvalue weighted by Crippen LogP contribution is -3.09. The van der Waals surface area contributed by atoms with E-state index in [1.807, 2.05) is 24.3 Å². The van der Waals surface area contributed by atoms with E-state index < -0.39 is 17.6 Å². The van der Waals surface area contributed by atoms with Crippen molar-refractivity contribution in [2.45, 2.75) is 0 Å². The third-order valence-electron chi connectivity index (χ3n) is 4.86. The fourth-order valence-electron chi connectivity index (χ4n) is 3.33. The fourth-order valence-corrected chi connectivity index (χ4v) is 3.60. The zero-order valence-corrected chi connectivity index (χ0v) is 16.2. The molecule has 0 spiro atoms. The van der Waals surface area contributed by atoms with Gasteiger partial charge >= 0.3 is 0 Å². The van der Waals surface area contributed by atoms with Crippen molar-refractivity contribution in [3.8, 4) is 0 Å². The average Bonchev–Trinajstić information content (AvgIpc) is 2.73. The average molecular weight is 411 g/mol. The lowest BCUT2D eigenvalue weighted by molar-refractivity contribution is -0.842. The highest BCUT2D eigenvalue weighted by Crippen LogP contribution is 2.23. The Morgan fingerprint density at radius 2 is 1.69 bits per heavy atom. The predicted molar refractivity (Wildman–Crippen MR) is 109 cm³/mol. The lowest BCUT2D eigenvalue weighted by Gasteiger charge is -2.32.